The van der Waals surface area contributed by atoms with E-state index in [1.54, 1.807) is 12.4 Å². The van der Waals surface area contributed by atoms with Crippen LogP contribution in [0.3, 0.4) is 0 Å². The Morgan fingerprint density at radius 3 is 2.47 bits per heavy atom. The summed E-state index contributed by atoms with van der Waals surface area (Å²) in [6.45, 7) is 3.31. The Morgan fingerprint density at radius 1 is 1.18 bits per heavy atom. The largest absolute Gasteiger partial charge is 0.382 e. The molecular weight excluding hydrogens is 212 g/mol. The van der Waals surface area contributed by atoms with Crippen molar-refractivity contribution < 1.29 is 0 Å². The molecule has 1 aromatic heterocycles. The van der Waals surface area contributed by atoms with Gasteiger partial charge < -0.3 is 11.1 Å². The summed E-state index contributed by atoms with van der Waals surface area (Å²) in [4.78, 5) is 8.22. The average Bonchev–Trinajstić information content (AvgIpc) is 2.39. The van der Waals surface area contributed by atoms with E-state index in [9.17, 15) is 0 Å². The van der Waals surface area contributed by atoms with E-state index >= 15 is 0 Å². The van der Waals surface area contributed by atoms with Gasteiger partial charge in [-0.05, 0) is 24.7 Å². The number of nitrogens with zero attached hydrogens (tertiary/aromatic N) is 2. The molecule has 1 aliphatic carbocycles. The summed E-state index contributed by atoms with van der Waals surface area (Å²) in [6, 6.07) is 0. The molecule has 0 amide bonds. The zero-order valence-corrected chi connectivity index (χ0v) is 10.5. The van der Waals surface area contributed by atoms with Crippen molar-refractivity contribution in [3.05, 3.63) is 12.4 Å². The van der Waals surface area contributed by atoms with Crippen LogP contribution >= 0.6 is 0 Å². The Morgan fingerprint density at radius 2 is 1.88 bits per heavy atom. The molecule has 1 saturated carbocycles. The molecule has 1 heterocycles. The van der Waals surface area contributed by atoms with Crippen molar-refractivity contribution in [1.29, 1.82) is 0 Å². The third-order valence-electron chi connectivity index (χ3n) is 3.79. The lowest BCUT2D eigenvalue weighted by Crippen LogP contribution is -2.21. The number of nitrogen functional groups attached to an aromatic ring is 1. The highest BCUT2D eigenvalue weighted by molar-refractivity contribution is 5.35. The van der Waals surface area contributed by atoms with Crippen LogP contribution in [-0.4, -0.2) is 16.5 Å². The van der Waals surface area contributed by atoms with E-state index in [4.69, 9.17) is 5.73 Å². The molecule has 0 aliphatic heterocycles. The Bertz CT molecular complexity index is 328. The van der Waals surface area contributed by atoms with Gasteiger partial charge in [0.15, 0.2) is 0 Å². The number of nitrogens with two attached hydrogens (primary N) is 1. The minimum Gasteiger partial charge on any atom is -0.382 e. The molecule has 94 valence electrons. The van der Waals surface area contributed by atoms with Gasteiger partial charge in [-0.25, -0.2) is 9.97 Å². The molecule has 4 heteroatoms. The van der Waals surface area contributed by atoms with E-state index in [1.165, 1.54) is 32.1 Å². The smallest absolute Gasteiger partial charge is 0.144 e. The molecule has 0 unspecified atom stereocenters. The third kappa shape index (κ3) is 3.58. The Balaban J connectivity index is 1.74. The minimum atomic E-state index is 0.471. The molecular formula is C13H22N4. The molecule has 0 atom stereocenters. The van der Waals surface area contributed by atoms with Gasteiger partial charge in [0.05, 0.1) is 12.4 Å². The van der Waals surface area contributed by atoms with Gasteiger partial charge in [-0.3, -0.25) is 0 Å². The first-order chi connectivity index (χ1) is 8.28. The Labute approximate surface area is 103 Å². The van der Waals surface area contributed by atoms with E-state index in [0.29, 0.717) is 5.82 Å². The van der Waals surface area contributed by atoms with Crippen molar-refractivity contribution in [2.45, 2.75) is 39.0 Å². The van der Waals surface area contributed by atoms with Crippen molar-refractivity contribution in [3.63, 3.8) is 0 Å². The monoisotopic (exact) mass is 234 g/mol. The predicted octanol–water partition coefficient (Wildman–Crippen LogP) is 2.69. The fourth-order valence-electron chi connectivity index (χ4n) is 2.52. The molecule has 0 bridgehead atoms. The lowest BCUT2D eigenvalue weighted by atomic mass is 9.81. The van der Waals surface area contributed by atoms with Gasteiger partial charge in [0, 0.05) is 6.54 Å². The maximum atomic E-state index is 5.49. The summed E-state index contributed by atoms with van der Waals surface area (Å²) in [5, 5.41) is 3.35. The van der Waals surface area contributed by atoms with Crippen molar-refractivity contribution in [2.24, 2.45) is 11.8 Å². The molecule has 1 fully saturated rings. The first-order valence-electron chi connectivity index (χ1n) is 6.59. The molecule has 0 radical (unpaired) electrons. The maximum absolute atomic E-state index is 5.49. The molecule has 2 rings (SSSR count). The first kappa shape index (κ1) is 12.1. The quantitative estimate of drug-likeness (QED) is 0.840. The van der Waals surface area contributed by atoms with Crippen LogP contribution in [0.4, 0.5) is 11.6 Å². The van der Waals surface area contributed by atoms with Crippen LogP contribution in [0.25, 0.3) is 0 Å². The van der Waals surface area contributed by atoms with Gasteiger partial charge in [-0.15, -0.1) is 0 Å². The van der Waals surface area contributed by atoms with Crippen molar-refractivity contribution in [1.82, 2.24) is 9.97 Å². The number of rotatable bonds is 4. The third-order valence-corrected chi connectivity index (χ3v) is 3.79. The summed E-state index contributed by atoms with van der Waals surface area (Å²) in [5.41, 5.74) is 5.49. The van der Waals surface area contributed by atoms with Crippen LogP contribution in [0.2, 0.25) is 0 Å². The summed E-state index contributed by atoms with van der Waals surface area (Å²) >= 11 is 0. The second kappa shape index (κ2) is 5.84. The molecule has 0 saturated heterocycles. The van der Waals surface area contributed by atoms with Crippen LogP contribution in [0, 0.1) is 11.8 Å². The highest BCUT2D eigenvalue weighted by atomic mass is 15.0. The number of nitrogens with one attached hydrogen (secondary N) is 1. The zero-order valence-electron chi connectivity index (χ0n) is 10.5. The first-order valence-corrected chi connectivity index (χ1v) is 6.59. The van der Waals surface area contributed by atoms with E-state index < -0.39 is 0 Å². The maximum Gasteiger partial charge on any atom is 0.144 e. The topological polar surface area (TPSA) is 63.8 Å². The van der Waals surface area contributed by atoms with Crippen molar-refractivity contribution in [3.8, 4) is 0 Å². The molecule has 0 spiro atoms. The van der Waals surface area contributed by atoms with Gasteiger partial charge in [0.1, 0.15) is 11.6 Å². The van der Waals surface area contributed by atoms with Gasteiger partial charge in [0.25, 0.3) is 0 Å². The standard InChI is InChI=1S/C13H22N4/c1-2-10-3-5-11(6-4-10)7-16-13-9-15-12(14)8-17-13/h8-11H,2-7H2,1H3,(H2,14,15)(H,16,17). The summed E-state index contributed by atoms with van der Waals surface area (Å²) in [5.74, 6) is 3.05. The van der Waals surface area contributed by atoms with E-state index in [1.807, 2.05) is 0 Å². The van der Waals surface area contributed by atoms with Crippen molar-refractivity contribution >= 4 is 11.6 Å². The highest BCUT2D eigenvalue weighted by Gasteiger charge is 2.19. The SMILES string of the molecule is CCC1CCC(CNc2cnc(N)cn2)CC1. The number of hydrogen-bond donors (Lipinski definition) is 2. The fraction of sp³-hybridized carbons (Fsp3) is 0.692. The average molecular weight is 234 g/mol. The molecule has 4 nitrogen and oxygen atoms in total. The van der Waals surface area contributed by atoms with Gasteiger partial charge in [-0.1, -0.05) is 26.2 Å². The lowest BCUT2D eigenvalue weighted by molar-refractivity contribution is 0.278. The van der Waals surface area contributed by atoms with Crippen LogP contribution in [-0.2, 0) is 0 Å². The Kier molecular flexibility index (Phi) is 4.18. The molecule has 3 N–H and O–H groups in total. The second-order valence-electron chi connectivity index (χ2n) is 5.00. The van der Waals surface area contributed by atoms with Gasteiger partial charge in [0.2, 0.25) is 0 Å². The van der Waals surface area contributed by atoms with Crippen LogP contribution in [0.5, 0.6) is 0 Å². The van der Waals surface area contributed by atoms with Crippen LogP contribution < -0.4 is 11.1 Å². The normalized spacial score (nSPS) is 24.5. The fourth-order valence-corrected chi connectivity index (χ4v) is 2.52. The summed E-state index contributed by atoms with van der Waals surface area (Å²) < 4.78 is 0. The summed E-state index contributed by atoms with van der Waals surface area (Å²) in [7, 11) is 0. The van der Waals surface area contributed by atoms with Gasteiger partial charge in [-0.2, -0.15) is 0 Å². The number of anilines is 2. The van der Waals surface area contributed by atoms with E-state index in [-0.39, 0.29) is 0 Å². The second-order valence-corrected chi connectivity index (χ2v) is 5.00. The molecule has 1 aliphatic rings. The van der Waals surface area contributed by atoms with E-state index in [0.717, 1.165) is 24.2 Å². The number of hydrogen-bond acceptors (Lipinski definition) is 4. The predicted molar refractivity (Wildman–Crippen MR) is 70.7 cm³/mol. The zero-order chi connectivity index (χ0) is 12.1. The minimum absolute atomic E-state index is 0.471. The van der Waals surface area contributed by atoms with Crippen LogP contribution in [0.1, 0.15) is 39.0 Å². The molecule has 17 heavy (non-hydrogen) atoms. The van der Waals surface area contributed by atoms with Crippen LogP contribution in [0.15, 0.2) is 12.4 Å². The number of aromatic nitrogens is 2. The molecule has 1 aromatic rings. The lowest BCUT2D eigenvalue weighted by Gasteiger charge is -2.27. The highest BCUT2D eigenvalue weighted by Crippen LogP contribution is 2.30. The Hall–Kier alpha value is -1.32. The van der Waals surface area contributed by atoms with E-state index in [2.05, 4.69) is 22.2 Å². The van der Waals surface area contributed by atoms with Crippen molar-refractivity contribution in [2.75, 3.05) is 17.6 Å². The summed E-state index contributed by atoms with van der Waals surface area (Å²) in [6.07, 6.45) is 10.1. The van der Waals surface area contributed by atoms with Gasteiger partial charge >= 0.3 is 0 Å². The molecule has 0 aromatic carbocycles.